The molecule has 0 radical (unpaired) electrons. The normalized spacial score (nSPS) is 9.45. The number of hydrogen-bond acceptors (Lipinski definition) is 3. The van der Waals surface area contributed by atoms with Crippen LogP contribution in [0.3, 0.4) is 0 Å². The number of carbonyl (C=O) groups is 2. The summed E-state index contributed by atoms with van der Waals surface area (Å²) >= 11 is 0. The maximum atomic E-state index is 11.2. The molecule has 2 aromatic rings. The first kappa shape index (κ1) is 15.6. The van der Waals surface area contributed by atoms with E-state index in [0.717, 1.165) is 24.1 Å². The Balaban J connectivity index is 0.000000956. The fourth-order valence-electron chi connectivity index (χ4n) is 1.88. The van der Waals surface area contributed by atoms with Crippen LogP contribution in [0.4, 0.5) is 5.69 Å². The topological polar surface area (TPSA) is 60.2 Å². The molecule has 2 rings (SSSR count). The Kier molecular flexibility index (Phi) is 6.17. The van der Waals surface area contributed by atoms with E-state index < -0.39 is 0 Å². The zero-order valence-electron chi connectivity index (χ0n) is 11.6. The highest BCUT2D eigenvalue weighted by Gasteiger charge is 2.00. The smallest absolute Gasteiger partial charge is 0.159 e. The second-order valence-corrected chi connectivity index (χ2v) is 4.49. The number of hydrogen-bond donors (Lipinski definition) is 1. The standard InChI is InChI=1S/C16H17NO.CH2O/c1-12(18)15-8-4-13(5-9-15)2-3-14-6-10-16(17)11-7-14;1-2/h4-11H,2-3,17H2,1H3;1H2. The lowest BCUT2D eigenvalue weighted by Gasteiger charge is -2.03. The molecular formula is C17H19NO2. The first-order valence-corrected chi connectivity index (χ1v) is 6.38. The maximum absolute atomic E-state index is 11.2. The van der Waals surface area contributed by atoms with Gasteiger partial charge in [0.1, 0.15) is 6.79 Å². The highest BCUT2D eigenvalue weighted by molar-refractivity contribution is 5.93. The quantitative estimate of drug-likeness (QED) is 0.685. The summed E-state index contributed by atoms with van der Waals surface area (Å²) in [6.45, 7) is 3.59. The molecule has 0 amide bonds. The second-order valence-electron chi connectivity index (χ2n) is 4.49. The number of carbonyl (C=O) groups excluding carboxylic acids is 2. The van der Waals surface area contributed by atoms with Crippen molar-refractivity contribution < 1.29 is 9.59 Å². The molecule has 0 saturated heterocycles. The SMILES string of the molecule is C=O.CC(=O)c1ccc(CCc2ccc(N)cc2)cc1. The molecule has 0 aliphatic heterocycles. The number of nitrogen functional groups attached to an aromatic ring is 1. The highest BCUT2D eigenvalue weighted by Crippen LogP contribution is 2.11. The fraction of sp³-hybridized carbons (Fsp3) is 0.176. The molecule has 0 spiro atoms. The van der Waals surface area contributed by atoms with Crippen LogP contribution in [-0.2, 0) is 17.6 Å². The summed E-state index contributed by atoms with van der Waals surface area (Å²) in [5.41, 5.74) is 9.74. The van der Waals surface area contributed by atoms with E-state index in [1.54, 1.807) is 6.92 Å². The Morgan fingerprint density at radius 3 is 1.70 bits per heavy atom. The number of rotatable bonds is 4. The average molecular weight is 269 g/mol. The molecule has 0 bridgehead atoms. The highest BCUT2D eigenvalue weighted by atomic mass is 16.1. The molecule has 20 heavy (non-hydrogen) atoms. The Bertz CT molecular complexity index is 544. The molecule has 0 aromatic heterocycles. The van der Waals surface area contributed by atoms with E-state index in [-0.39, 0.29) is 5.78 Å². The van der Waals surface area contributed by atoms with Crippen LogP contribution < -0.4 is 5.73 Å². The van der Waals surface area contributed by atoms with Crippen molar-refractivity contribution in [1.29, 1.82) is 0 Å². The molecule has 0 atom stereocenters. The molecule has 3 nitrogen and oxygen atoms in total. The molecule has 0 fully saturated rings. The minimum atomic E-state index is 0.111. The van der Waals surface area contributed by atoms with Gasteiger partial charge in [-0.1, -0.05) is 36.4 Å². The van der Waals surface area contributed by atoms with Gasteiger partial charge < -0.3 is 10.5 Å². The van der Waals surface area contributed by atoms with Crippen LogP contribution in [0.15, 0.2) is 48.5 Å². The van der Waals surface area contributed by atoms with E-state index in [9.17, 15) is 4.79 Å². The summed E-state index contributed by atoms with van der Waals surface area (Å²) in [5.74, 6) is 0.111. The van der Waals surface area contributed by atoms with Gasteiger partial charge in [0, 0.05) is 11.3 Å². The number of aryl methyl sites for hydroxylation is 2. The van der Waals surface area contributed by atoms with Gasteiger partial charge in [-0.25, -0.2) is 0 Å². The Morgan fingerprint density at radius 2 is 1.30 bits per heavy atom. The van der Waals surface area contributed by atoms with Gasteiger partial charge in [0.2, 0.25) is 0 Å². The molecule has 104 valence electrons. The average Bonchev–Trinajstić information content (AvgIpc) is 2.49. The van der Waals surface area contributed by atoms with Gasteiger partial charge >= 0.3 is 0 Å². The minimum Gasteiger partial charge on any atom is -0.399 e. The number of benzene rings is 2. The van der Waals surface area contributed by atoms with Crippen LogP contribution in [-0.4, -0.2) is 12.6 Å². The van der Waals surface area contributed by atoms with E-state index in [2.05, 4.69) is 12.1 Å². The number of nitrogens with two attached hydrogens (primary N) is 1. The molecule has 2 N–H and O–H groups in total. The van der Waals surface area contributed by atoms with Gasteiger partial charge in [0.15, 0.2) is 5.78 Å². The Morgan fingerprint density at radius 1 is 0.900 bits per heavy atom. The lowest BCUT2D eigenvalue weighted by atomic mass is 10.0. The van der Waals surface area contributed by atoms with Crippen LogP contribution in [0.25, 0.3) is 0 Å². The van der Waals surface area contributed by atoms with Crippen LogP contribution >= 0.6 is 0 Å². The number of Topliss-reactive ketones (excluding diaryl/α,β-unsaturated/α-hetero) is 1. The van der Waals surface area contributed by atoms with Gasteiger partial charge in [-0.2, -0.15) is 0 Å². The molecule has 3 heteroatoms. The molecule has 0 unspecified atom stereocenters. The Labute approximate surface area is 119 Å². The summed E-state index contributed by atoms with van der Waals surface area (Å²) in [6, 6.07) is 15.8. The van der Waals surface area contributed by atoms with Crippen LogP contribution in [0.2, 0.25) is 0 Å². The summed E-state index contributed by atoms with van der Waals surface area (Å²) in [4.78, 5) is 19.2. The third-order valence-corrected chi connectivity index (χ3v) is 3.04. The third-order valence-electron chi connectivity index (χ3n) is 3.04. The van der Waals surface area contributed by atoms with Crippen molar-refractivity contribution in [3.8, 4) is 0 Å². The van der Waals surface area contributed by atoms with Crippen LogP contribution in [0.5, 0.6) is 0 Å². The van der Waals surface area contributed by atoms with Gasteiger partial charge in [0.05, 0.1) is 0 Å². The monoisotopic (exact) mass is 269 g/mol. The second kappa shape index (κ2) is 7.89. The van der Waals surface area contributed by atoms with Crippen molar-refractivity contribution in [3.05, 3.63) is 65.2 Å². The summed E-state index contributed by atoms with van der Waals surface area (Å²) < 4.78 is 0. The molecular weight excluding hydrogens is 250 g/mol. The minimum absolute atomic E-state index is 0.111. The van der Waals surface area contributed by atoms with Gasteiger partial charge in [-0.3, -0.25) is 4.79 Å². The number of ketones is 1. The van der Waals surface area contributed by atoms with E-state index in [4.69, 9.17) is 10.5 Å². The van der Waals surface area contributed by atoms with Gasteiger partial charge in [-0.05, 0) is 43.0 Å². The van der Waals surface area contributed by atoms with E-state index in [0.29, 0.717) is 0 Å². The van der Waals surface area contributed by atoms with E-state index in [1.807, 2.05) is 43.2 Å². The lowest BCUT2D eigenvalue weighted by Crippen LogP contribution is -1.95. The zero-order valence-corrected chi connectivity index (χ0v) is 11.6. The lowest BCUT2D eigenvalue weighted by molar-refractivity contribution is -0.0979. The van der Waals surface area contributed by atoms with Crippen molar-refractivity contribution in [2.45, 2.75) is 19.8 Å². The van der Waals surface area contributed by atoms with Gasteiger partial charge in [-0.15, -0.1) is 0 Å². The summed E-state index contributed by atoms with van der Waals surface area (Å²) in [5, 5.41) is 0. The fourth-order valence-corrected chi connectivity index (χ4v) is 1.88. The van der Waals surface area contributed by atoms with Crippen LogP contribution in [0.1, 0.15) is 28.4 Å². The molecule has 0 heterocycles. The first-order chi connectivity index (χ1) is 9.65. The van der Waals surface area contributed by atoms with Crippen molar-refractivity contribution in [2.75, 3.05) is 5.73 Å². The molecule has 0 aliphatic carbocycles. The maximum Gasteiger partial charge on any atom is 0.159 e. The van der Waals surface area contributed by atoms with Crippen LogP contribution in [0, 0.1) is 0 Å². The molecule has 0 saturated carbocycles. The first-order valence-electron chi connectivity index (χ1n) is 6.38. The number of anilines is 1. The summed E-state index contributed by atoms with van der Waals surface area (Å²) in [7, 11) is 0. The van der Waals surface area contributed by atoms with Gasteiger partial charge in [0.25, 0.3) is 0 Å². The predicted molar refractivity (Wildman–Crippen MR) is 81.8 cm³/mol. The van der Waals surface area contributed by atoms with E-state index in [1.165, 1.54) is 11.1 Å². The molecule has 2 aromatic carbocycles. The molecule has 0 aliphatic rings. The van der Waals surface area contributed by atoms with Crippen molar-refractivity contribution in [2.24, 2.45) is 0 Å². The van der Waals surface area contributed by atoms with Crippen molar-refractivity contribution in [1.82, 2.24) is 0 Å². The van der Waals surface area contributed by atoms with E-state index >= 15 is 0 Å². The van der Waals surface area contributed by atoms with Crippen molar-refractivity contribution >= 4 is 18.3 Å². The van der Waals surface area contributed by atoms with Crippen molar-refractivity contribution in [3.63, 3.8) is 0 Å². The summed E-state index contributed by atoms with van der Waals surface area (Å²) in [6.07, 6.45) is 1.96. The zero-order chi connectivity index (χ0) is 15.0. The largest absolute Gasteiger partial charge is 0.399 e. The third kappa shape index (κ3) is 4.69. The predicted octanol–water partition coefficient (Wildman–Crippen LogP) is 3.07. The Hall–Kier alpha value is -2.42.